The number of rotatable bonds is 4. The van der Waals surface area contributed by atoms with E-state index in [0.717, 1.165) is 12.8 Å². The first-order valence-corrected chi connectivity index (χ1v) is 6.36. The van der Waals surface area contributed by atoms with Crippen molar-refractivity contribution in [2.24, 2.45) is 0 Å². The van der Waals surface area contributed by atoms with Crippen molar-refractivity contribution in [3.05, 3.63) is 26.6 Å². The first-order chi connectivity index (χ1) is 7.06. The zero-order valence-electron chi connectivity index (χ0n) is 8.39. The van der Waals surface area contributed by atoms with Gasteiger partial charge in [-0.3, -0.25) is 4.79 Å². The van der Waals surface area contributed by atoms with Crippen LogP contribution in [0.15, 0.2) is 21.1 Å². The third kappa shape index (κ3) is 3.31. The lowest BCUT2D eigenvalue weighted by Crippen LogP contribution is -1.98. The monoisotopic (exact) mass is 334 g/mol. The van der Waals surface area contributed by atoms with Gasteiger partial charge in [0.15, 0.2) is 5.78 Å². The van der Waals surface area contributed by atoms with Gasteiger partial charge >= 0.3 is 0 Å². The molecule has 0 aliphatic carbocycles. The Hall–Kier alpha value is -0.350. The molecule has 0 spiro atoms. The number of halogens is 2. The number of phenolic OH excluding ortho intramolecular Hbond substituents is 1. The Bertz CT molecular complexity index is 352. The van der Waals surface area contributed by atoms with E-state index in [1.54, 1.807) is 12.1 Å². The fourth-order valence-corrected chi connectivity index (χ4v) is 2.39. The van der Waals surface area contributed by atoms with Crippen molar-refractivity contribution < 1.29 is 9.90 Å². The van der Waals surface area contributed by atoms with Crippen LogP contribution < -0.4 is 0 Å². The minimum absolute atomic E-state index is 0.109. The lowest BCUT2D eigenvalue weighted by Gasteiger charge is -2.04. The average molecular weight is 336 g/mol. The molecule has 1 aromatic carbocycles. The van der Waals surface area contributed by atoms with Gasteiger partial charge in [-0.1, -0.05) is 13.3 Å². The van der Waals surface area contributed by atoms with Crippen LogP contribution in [0, 0.1) is 0 Å². The Morgan fingerprint density at radius 3 is 2.33 bits per heavy atom. The van der Waals surface area contributed by atoms with Gasteiger partial charge in [0.2, 0.25) is 0 Å². The molecule has 0 radical (unpaired) electrons. The van der Waals surface area contributed by atoms with Gasteiger partial charge in [-0.15, -0.1) is 0 Å². The Labute approximate surface area is 106 Å². The minimum Gasteiger partial charge on any atom is -0.506 e. The first-order valence-electron chi connectivity index (χ1n) is 4.77. The number of hydrogen-bond acceptors (Lipinski definition) is 2. The molecule has 4 heteroatoms. The van der Waals surface area contributed by atoms with E-state index in [1.165, 1.54) is 0 Å². The number of carbonyl (C=O) groups is 1. The Balaban J connectivity index is 2.91. The summed E-state index contributed by atoms with van der Waals surface area (Å²) in [5, 5.41) is 9.48. The SMILES string of the molecule is CCCCC(=O)c1cc(Br)c(O)c(Br)c1. The number of benzene rings is 1. The van der Waals surface area contributed by atoms with Crippen LogP contribution in [0.25, 0.3) is 0 Å². The van der Waals surface area contributed by atoms with E-state index in [4.69, 9.17) is 0 Å². The van der Waals surface area contributed by atoms with Crippen molar-refractivity contribution in [3.63, 3.8) is 0 Å². The smallest absolute Gasteiger partial charge is 0.162 e. The fraction of sp³-hybridized carbons (Fsp3) is 0.364. The van der Waals surface area contributed by atoms with Gasteiger partial charge in [0.05, 0.1) is 8.95 Å². The maximum Gasteiger partial charge on any atom is 0.162 e. The van der Waals surface area contributed by atoms with E-state index >= 15 is 0 Å². The molecule has 0 saturated carbocycles. The molecule has 1 aromatic rings. The summed E-state index contributed by atoms with van der Waals surface area (Å²) in [6.07, 6.45) is 2.46. The summed E-state index contributed by atoms with van der Waals surface area (Å²) in [7, 11) is 0. The van der Waals surface area contributed by atoms with E-state index in [1.807, 2.05) is 0 Å². The molecule has 1 rings (SSSR count). The Morgan fingerprint density at radius 1 is 1.33 bits per heavy atom. The number of unbranched alkanes of at least 4 members (excludes halogenated alkanes) is 1. The number of carbonyl (C=O) groups excluding carboxylic acids is 1. The third-order valence-corrected chi connectivity index (χ3v) is 3.31. The molecule has 0 amide bonds. The van der Waals surface area contributed by atoms with Gasteiger partial charge in [0.25, 0.3) is 0 Å². The average Bonchev–Trinajstić information content (AvgIpc) is 2.21. The second-order valence-corrected chi connectivity index (χ2v) is 5.02. The molecule has 0 atom stereocenters. The van der Waals surface area contributed by atoms with Crippen LogP contribution >= 0.6 is 31.9 Å². The zero-order valence-corrected chi connectivity index (χ0v) is 11.6. The van der Waals surface area contributed by atoms with Gasteiger partial charge in [0.1, 0.15) is 5.75 Å². The molecule has 0 aromatic heterocycles. The van der Waals surface area contributed by atoms with Crippen LogP contribution in [0.4, 0.5) is 0 Å². The fourth-order valence-electron chi connectivity index (χ4n) is 1.21. The largest absolute Gasteiger partial charge is 0.506 e. The topological polar surface area (TPSA) is 37.3 Å². The summed E-state index contributed by atoms with van der Waals surface area (Å²) in [4.78, 5) is 11.7. The van der Waals surface area contributed by atoms with E-state index in [0.29, 0.717) is 20.9 Å². The third-order valence-electron chi connectivity index (χ3n) is 2.10. The molecular weight excluding hydrogens is 324 g/mol. The van der Waals surface area contributed by atoms with Crippen molar-refractivity contribution in [2.45, 2.75) is 26.2 Å². The number of phenols is 1. The highest BCUT2D eigenvalue weighted by molar-refractivity contribution is 9.11. The van der Waals surface area contributed by atoms with Gasteiger partial charge in [-0.2, -0.15) is 0 Å². The van der Waals surface area contributed by atoms with Crippen LogP contribution in [-0.2, 0) is 0 Å². The van der Waals surface area contributed by atoms with Crippen molar-refractivity contribution in [1.82, 2.24) is 0 Å². The van der Waals surface area contributed by atoms with Crippen molar-refractivity contribution in [2.75, 3.05) is 0 Å². The predicted molar refractivity (Wildman–Crippen MR) is 67.4 cm³/mol. The lowest BCUT2D eigenvalue weighted by atomic mass is 10.1. The summed E-state index contributed by atoms with van der Waals surface area (Å²) < 4.78 is 1.08. The zero-order chi connectivity index (χ0) is 11.4. The van der Waals surface area contributed by atoms with E-state index < -0.39 is 0 Å². The second-order valence-electron chi connectivity index (χ2n) is 3.32. The summed E-state index contributed by atoms with van der Waals surface area (Å²) in [5.41, 5.74) is 0.625. The summed E-state index contributed by atoms with van der Waals surface area (Å²) >= 11 is 6.40. The maximum atomic E-state index is 11.7. The van der Waals surface area contributed by atoms with Crippen LogP contribution in [-0.4, -0.2) is 10.9 Å². The normalized spacial score (nSPS) is 10.3. The van der Waals surface area contributed by atoms with Crippen molar-refractivity contribution >= 4 is 37.6 Å². The predicted octanol–water partition coefficient (Wildman–Crippen LogP) is 4.29. The quantitative estimate of drug-likeness (QED) is 0.833. The standard InChI is InChI=1S/C11H12Br2O2/c1-2-3-4-10(14)7-5-8(12)11(15)9(13)6-7/h5-6,15H,2-4H2,1H3. The Kier molecular flexibility index (Phi) is 4.80. The van der Waals surface area contributed by atoms with Gasteiger partial charge in [-0.05, 0) is 50.4 Å². The van der Waals surface area contributed by atoms with Crippen LogP contribution in [0.5, 0.6) is 5.75 Å². The molecule has 0 heterocycles. The molecule has 15 heavy (non-hydrogen) atoms. The minimum atomic E-state index is 0.109. The van der Waals surface area contributed by atoms with Crippen molar-refractivity contribution in [3.8, 4) is 5.75 Å². The number of aromatic hydroxyl groups is 1. The maximum absolute atomic E-state index is 11.7. The summed E-state index contributed by atoms with van der Waals surface area (Å²) in [5.74, 6) is 0.236. The number of ketones is 1. The molecule has 0 bridgehead atoms. The van der Waals surface area contributed by atoms with Crippen LogP contribution in [0.2, 0.25) is 0 Å². The number of hydrogen-bond donors (Lipinski definition) is 1. The first kappa shape index (κ1) is 12.7. The molecule has 0 unspecified atom stereocenters. The number of Topliss-reactive ketones (excluding diaryl/α,β-unsaturated/α-hetero) is 1. The molecule has 0 saturated heterocycles. The molecule has 2 nitrogen and oxygen atoms in total. The van der Waals surface area contributed by atoms with E-state index in [2.05, 4.69) is 38.8 Å². The van der Waals surface area contributed by atoms with Gasteiger partial charge < -0.3 is 5.11 Å². The van der Waals surface area contributed by atoms with Gasteiger partial charge in [0, 0.05) is 12.0 Å². The van der Waals surface area contributed by atoms with E-state index in [9.17, 15) is 9.90 Å². The summed E-state index contributed by atoms with van der Waals surface area (Å²) in [6, 6.07) is 3.30. The molecule has 1 N–H and O–H groups in total. The van der Waals surface area contributed by atoms with Crippen LogP contribution in [0.1, 0.15) is 36.5 Å². The molecule has 0 aliphatic heterocycles. The van der Waals surface area contributed by atoms with Gasteiger partial charge in [-0.25, -0.2) is 0 Å². The van der Waals surface area contributed by atoms with Crippen molar-refractivity contribution in [1.29, 1.82) is 0 Å². The highest BCUT2D eigenvalue weighted by Crippen LogP contribution is 2.33. The molecular formula is C11H12Br2O2. The lowest BCUT2D eigenvalue weighted by molar-refractivity contribution is 0.0979. The highest BCUT2D eigenvalue weighted by Gasteiger charge is 2.11. The molecule has 0 aliphatic rings. The summed E-state index contributed by atoms with van der Waals surface area (Å²) in [6.45, 7) is 2.05. The highest BCUT2D eigenvalue weighted by atomic mass is 79.9. The van der Waals surface area contributed by atoms with Crippen LogP contribution in [0.3, 0.4) is 0 Å². The Morgan fingerprint density at radius 2 is 1.87 bits per heavy atom. The molecule has 0 fully saturated rings. The second kappa shape index (κ2) is 5.66. The molecule has 82 valence electrons. The van der Waals surface area contributed by atoms with E-state index in [-0.39, 0.29) is 11.5 Å².